The van der Waals surface area contributed by atoms with Crippen molar-refractivity contribution in [2.45, 2.75) is 38.8 Å². The first-order chi connectivity index (χ1) is 8.79. The molecule has 0 atom stereocenters. The summed E-state index contributed by atoms with van der Waals surface area (Å²) >= 11 is 1.67. The van der Waals surface area contributed by atoms with Gasteiger partial charge in [-0.2, -0.15) is 0 Å². The Morgan fingerprint density at radius 3 is 2.72 bits per heavy atom. The van der Waals surface area contributed by atoms with Crippen molar-refractivity contribution in [1.29, 1.82) is 0 Å². The van der Waals surface area contributed by atoms with Crippen molar-refractivity contribution in [3.63, 3.8) is 0 Å². The van der Waals surface area contributed by atoms with Gasteiger partial charge in [-0.25, -0.2) is 15.0 Å². The lowest BCUT2D eigenvalue weighted by molar-refractivity contribution is 0.681. The number of aromatic nitrogens is 3. The largest absolute Gasteiger partial charge is 0.310 e. The molecule has 1 fully saturated rings. The number of nitrogens with zero attached hydrogens (tertiary/aromatic N) is 3. The predicted octanol–water partition coefficient (Wildman–Crippen LogP) is 2.08. The molecule has 3 rings (SSSR count). The van der Waals surface area contributed by atoms with Crippen LogP contribution >= 0.6 is 11.3 Å². The molecule has 5 heteroatoms. The summed E-state index contributed by atoms with van der Waals surface area (Å²) in [5, 5.41) is 6.59. The van der Waals surface area contributed by atoms with Crippen molar-refractivity contribution < 1.29 is 0 Å². The van der Waals surface area contributed by atoms with E-state index >= 15 is 0 Å². The third-order valence-corrected chi connectivity index (χ3v) is 3.87. The Labute approximate surface area is 111 Å². The van der Waals surface area contributed by atoms with Gasteiger partial charge in [0.25, 0.3) is 0 Å². The van der Waals surface area contributed by atoms with Crippen LogP contribution < -0.4 is 5.32 Å². The zero-order valence-corrected chi connectivity index (χ0v) is 11.2. The van der Waals surface area contributed by atoms with Gasteiger partial charge in [0.1, 0.15) is 10.8 Å². The normalized spacial score (nSPS) is 14.9. The molecule has 18 heavy (non-hydrogen) atoms. The second-order valence-electron chi connectivity index (χ2n) is 4.72. The molecule has 1 aliphatic rings. The first kappa shape index (κ1) is 11.7. The van der Waals surface area contributed by atoms with E-state index in [-0.39, 0.29) is 0 Å². The van der Waals surface area contributed by atoms with Crippen LogP contribution in [0, 0.1) is 6.92 Å². The summed E-state index contributed by atoms with van der Waals surface area (Å²) in [4.78, 5) is 13.2. The third kappa shape index (κ3) is 3.11. The van der Waals surface area contributed by atoms with Gasteiger partial charge in [-0.05, 0) is 19.8 Å². The lowest BCUT2D eigenvalue weighted by Crippen LogP contribution is -2.15. The number of aryl methyl sites for hydroxylation is 1. The van der Waals surface area contributed by atoms with E-state index in [1.165, 1.54) is 12.8 Å². The van der Waals surface area contributed by atoms with Crippen LogP contribution in [0.15, 0.2) is 17.8 Å². The molecule has 2 aromatic rings. The second kappa shape index (κ2) is 5.12. The van der Waals surface area contributed by atoms with E-state index in [4.69, 9.17) is 0 Å². The lowest BCUT2D eigenvalue weighted by atomic mass is 10.3. The smallest absolute Gasteiger partial charge is 0.135 e. The van der Waals surface area contributed by atoms with Gasteiger partial charge in [0, 0.05) is 41.6 Å². The zero-order valence-electron chi connectivity index (χ0n) is 10.4. The lowest BCUT2D eigenvalue weighted by Gasteiger charge is -2.03. The van der Waals surface area contributed by atoms with Crippen molar-refractivity contribution in [3.05, 3.63) is 39.9 Å². The minimum atomic E-state index is 0.725. The van der Waals surface area contributed by atoms with E-state index in [0.29, 0.717) is 0 Å². The summed E-state index contributed by atoms with van der Waals surface area (Å²) in [5.41, 5.74) is 2.22. The van der Waals surface area contributed by atoms with E-state index < -0.39 is 0 Å². The van der Waals surface area contributed by atoms with Crippen LogP contribution in [0.2, 0.25) is 0 Å². The summed E-state index contributed by atoms with van der Waals surface area (Å²) in [6.45, 7) is 2.88. The van der Waals surface area contributed by atoms with Gasteiger partial charge in [-0.3, -0.25) is 0 Å². The molecule has 1 saturated carbocycles. The Morgan fingerprint density at radius 1 is 1.33 bits per heavy atom. The van der Waals surface area contributed by atoms with Crippen molar-refractivity contribution in [2.75, 3.05) is 0 Å². The molecular weight excluding hydrogens is 244 g/mol. The Kier molecular flexibility index (Phi) is 3.34. The van der Waals surface area contributed by atoms with Crippen LogP contribution in [0.4, 0.5) is 0 Å². The molecule has 0 amide bonds. The Balaban J connectivity index is 1.59. The summed E-state index contributed by atoms with van der Waals surface area (Å²) < 4.78 is 0. The van der Waals surface area contributed by atoms with Crippen LogP contribution in [0.1, 0.15) is 34.9 Å². The van der Waals surface area contributed by atoms with Crippen molar-refractivity contribution in [2.24, 2.45) is 0 Å². The zero-order chi connectivity index (χ0) is 12.4. The molecule has 0 radical (unpaired) electrons. The highest BCUT2D eigenvalue weighted by molar-refractivity contribution is 7.09. The third-order valence-electron chi connectivity index (χ3n) is 2.91. The molecule has 0 unspecified atom stereocenters. The molecule has 0 aromatic carbocycles. The van der Waals surface area contributed by atoms with Gasteiger partial charge in [0.05, 0.1) is 6.42 Å². The maximum absolute atomic E-state index is 4.42. The molecule has 2 heterocycles. The van der Waals surface area contributed by atoms with Gasteiger partial charge in [-0.15, -0.1) is 11.3 Å². The average Bonchev–Trinajstić information content (AvgIpc) is 3.12. The van der Waals surface area contributed by atoms with Crippen LogP contribution in [-0.2, 0) is 13.0 Å². The Morgan fingerprint density at radius 2 is 2.11 bits per heavy atom. The fraction of sp³-hybridized carbons (Fsp3) is 0.462. The molecule has 0 bridgehead atoms. The van der Waals surface area contributed by atoms with Gasteiger partial charge < -0.3 is 5.32 Å². The molecule has 0 saturated heterocycles. The number of rotatable bonds is 5. The summed E-state index contributed by atoms with van der Waals surface area (Å²) in [6.07, 6.45) is 7.18. The number of hydrogen-bond donors (Lipinski definition) is 1. The van der Waals surface area contributed by atoms with Crippen molar-refractivity contribution in [3.8, 4) is 0 Å². The standard InChI is InChI=1S/C13H16N4S/c1-9-8-18-13(17-9)4-12-15-6-10(7-16-12)5-14-11-2-3-11/h6-8,11,14H,2-5H2,1H3. The topological polar surface area (TPSA) is 50.7 Å². The minimum absolute atomic E-state index is 0.725. The van der Waals surface area contributed by atoms with E-state index in [2.05, 4.69) is 25.6 Å². The van der Waals surface area contributed by atoms with Crippen LogP contribution in [0.5, 0.6) is 0 Å². The van der Waals surface area contributed by atoms with Gasteiger partial charge in [-0.1, -0.05) is 0 Å². The molecule has 1 aliphatic carbocycles. The molecular formula is C13H16N4S. The number of nitrogens with one attached hydrogen (secondary N) is 1. The maximum atomic E-state index is 4.42. The molecule has 1 N–H and O–H groups in total. The highest BCUT2D eigenvalue weighted by Gasteiger charge is 2.19. The molecule has 2 aromatic heterocycles. The van der Waals surface area contributed by atoms with Gasteiger partial charge in [0.2, 0.25) is 0 Å². The SMILES string of the molecule is Cc1csc(Cc2ncc(CNC3CC3)cn2)n1. The predicted molar refractivity (Wildman–Crippen MR) is 71.6 cm³/mol. The van der Waals surface area contributed by atoms with Gasteiger partial charge in [0.15, 0.2) is 0 Å². The molecule has 0 spiro atoms. The van der Waals surface area contributed by atoms with E-state index in [1.807, 2.05) is 19.3 Å². The summed E-state index contributed by atoms with van der Waals surface area (Å²) in [5.74, 6) is 0.847. The molecule has 4 nitrogen and oxygen atoms in total. The average molecular weight is 260 g/mol. The van der Waals surface area contributed by atoms with E-state index in [0.717, 1.165) is 41.1 Å². The second-order valence-corrected chi connectivity index (χ2v) is 5.66. The molecule has 94 valence electrons. The highest BCUT2D eigenvalue weighted by atomic mass is 32.1. The highest BCUT2D eigenvalue weighted by Crippen LogP contribution is 2.19. The van der Waals surface area contributed by atoms with Crippen molar-refractivity contribution >= 4 is 11.3 Å². The maximum Gasteiger partial charge on any atom is 0.135 e. The summed E-state index contributed by atoms with van der Waals surface area (Å²) in [6, 6.07) is 0.725. The fourth-order valence-corrected chi connectivity index (χ4v) is 2.50. The number of hydrogen-bond acceptors (Lipinski definition) is 5. The van der Waals surface area contributed by atoms with Crippen LogP contribution in [0.25, 0.3) is 0 Å². The number of thiazole rings is 1. The first-order valence-electron chi connectivity index (χ1n) is 6.24. The fourth-order valence-electron chi connectivity index (χ4n) is 1.73. The van der Waals surface area contributed by atoms with Gasteiger partial charge >= 0.3 is 0 Å². The van der Waals surface area contributed by atoms with E-state index in [9.17, 15) is 0 Å². The molecule has 0 aliphatic heterocycles. The summed E-state index contributed by atoms with van der Waals surface area (Å²) in [7, 11) is 0. The van der Waals surface area contributed by atoms with Crippen molar-refractivity contribution in [1.82, 2.24) is 20.3 Å². The Bertz CT molecular complexity index is 516. The monoisotopic (exact) mass is 260 g/mol. The first-order valence-corrected chi connectivity index (χ1v) is 7.12. The van der Waals surface area contributed by atoms with Crippen LogP contribution in [0.3, 0.4) is 0 Å². The minimum Gasteiger partial charge on any atom is -0.310 e. The van der Waals surface area contributed by atoms with Crippen LogP contribution in [-0.4, -0.2) is 21.0 Å². The quantitative estimate of drug-likeness (QED) is 0.894. The Hall–Kier alpha value is -1.33. The van der Waals surface area contributed by atoms with E-state index in [1.54, 1.807) is 11.3 Å².